The van der Waals surface area contributed by atoms with Crippen LogP contribution in [0.2, 0.25) is 0 Å². The van der Waals surface area contributed by atoms with Crippen molar-refractivity contribution in [2.75, 3.05) is 0 Å². The van der Waals surface area contributed by atoms with E-state index in [1.807, 2.05) is 12.1 Å². The fourth-order valence-corrected chi connectivity index (χ4v) is 3.61. The fraction of sp³-hybridized carbons (Fsp3) is 0. The standard InChI is InChI=1S/C8H3Br2FS/c9-4-1-5(10)8-6(11)3-12-7(8)2-4/h1-3H. The average molecular weight is 310 g/mol. The summed E-state index contributed by atoms with van der Waals surface area (Å²) in [6.45, 7) is 0. The first-order valence-corrected chi connectivity index (χ1v) is 5.67. The smallest absolute Gasteiger partial charge is 0.142 e. The number of rotatable bonds is 0. The molecule has 0 atom stereocenters. The Bertz CT molecular complexity index is 436. The number of thiophene rings is 1. The second-order valence-corrected chi connectivity index (χ2v) is 5.03. The Kier molecular flexibility index (Phi) is 2.23. The zero-order valence-corrected chi connectivity index (χ0v) is 9.76. The maximum Gasteiger partial charge on any atom is 0.142 e. The molecule has 0 amide bonds. The van der Waals surface area contributed by atoms with Gasteiger partial charge in [-0.3, -0.25) is 0 Å². The molecule has 0 nitrogen and oxygen atoms in total. The molecule has 0 fully saturated rings. The van der Waals surface area contributed by atoms with Gasteiger partial charge in [0.2, 0.25) is 0 Å². The van der Waals surface area contributed by atoms with Crippen LogP contribution in [0.25, 0.3) is 10.1 Å². The summed E-state index contributed by atoms with van der Waals surface area (Å²) >= 11 is 8.07. The first-order chi connectivity index (χ1) is 5.68. The second kappa shape index (κ2) is 3.09. The van der Waals surface area contributed by atoms with Gasteiger partial charge in [0.05, 0.1) is 0 Å². The predicted molar refractivity (Wildman–Crippen MR) is 57.2 cm³/mol. The lowest BCUT2D eigenvalue weighted by Gasteiger charge is -1.95. The molecule has 0 saturated carbocycles. The molecule has 0 saturated heterocycles. The highest BCUT2D eigenvalue weighted by atomic mass is 79.9. The van der Waals surface area contributed by atoms with E-state index in [0.717, 1.165) is 13.6 Å². The first kappa shape index (κ1) is 8.66. The lowest BCUT2D eigenvalue weighted by Crippen LogP contribution is -1.72. The lowest BCUT2D eigenvalue weighted by molar-refractivity contribution is 0.644. The molecule has 0 N–H and O–H groups in total. The largest absolute Gasteiger partial charge is 0.205 e. The van der Waals surface area contributed by atoms with Gasteiger partial charge >= 0.3 is 0 Å². The van der Waals surface area contributed by atoms with Gasteiger partial charge in [0.25, 0.3) is 0 Å². The van der Waals surface area contributed by atoms with Crippen LogP contribution in [-0.2, 0) is 0 Å². The van der Waals surface area contributed by atoms with E-state index in [0.29, 0.717) is 5.39 Å². The summed E-state index contributed by atoms with van der Waals surface area (Å²) in [5.41, 5.74) is 0. The van der Waals surface area contributed by atoms with Crippen molar-refractivity contribution in [1.82, 2.24) is 0 Å². The normalized spacial score (nSPS) is 10.9. The van der Waals surface area contributed by atoms with Crippen molar-refractivity contribution < 1.29 is 4.39 Å². The van der Waals surface area contributed by atoms with Gasteiger partial charge in [-0.05, 0) is 28.1 Å². The maximum absolute atomic E-state index is 13.1. The molecule has 2 aromatic rings. The van der Waals surface area contributed by atoms with Crippen molar-refractivity contribution in [3.8, 4) is 0 Å². The third-order valence-electron chi connectivity index (χ3n) is 1.55. The summed E-state index contributed by atoms with van der Waals surface area (Å²) in [5, 5.41) is 2.19. The molecule has 1 heterocycles. The van der Waals surface area contributed by atoms with E-state index in [2.05, 4.69) is 31.9 Å². The molecule has 2 rings (SSSR count). The number of hydrogen-bond acceptors (Lipinski definition) is 1. The van der Waals surface area contributed by atoms with Crippen molar-refractivity contribution in [3.63, 3.8) is 0 Å². The van der Waals surface area contributed by atoms with Crippen LogP contribution >= 0.6 is 43.2 Å². The van der Waals surface area contributed by atoms with Crippen LogP contribution in [0, 0.1) is 5.82 Å². The predicted octanol–water partition coefficient (Wildman–Crippen LogP) is 4.57. The van der Waals surface area contributed by atoms with Gasteiger partial charge in [-0.2, -0.15) is 0 Å². The summed E-state index contributed by atoms with van der Waals surface area (Å²) in [7, 11) is 0. The van der Waals surface area contributed by atoms with E-state index in [1.54, 1.807) is 0 Å². The first-order valence-electron chi connectivity index (χ1n) is 3.20. The zero-order chi connectivity index (χ0) is 8.72. The van der Waals surface area contributed by atoms with E-state index in [4.69, 9.17) is 0 Å². The van der Waals surface area contributed by atoms with Crippen LogP contribution in [0.4, 0.5) is 4.39 Å². The van der Waals surface area contributed by atoms with Crippen LogP contribution in [0.5, 0.6) is 0 Å². The van der Waals surface area contributed by atoms with Crippen molar-refractivity contribution in [1.29, 1.82) is 0 Å². The quantitative estimate of drug-likeness (QED) is 0.669. The van der Waals surface area contributed by atoms with Crippen molar-refractivity contribution in [3.05, 3.63) is 32.3 Å². The van der Waals surface area contributed by atoms with Gasteiger partial charge in [0.15, 0.2) is 0 Å². The minimum absolute atomic E-state index is 0.158. The van der Waals surface area contributed by atoms with Gasteiger partial charge in [0, 0.05) is 24.4 Å². The van der Waals surface area contributed by atoms with Gasteiger partial charge in [-0.1, -0.05) is 15.9 Å². The van der Waals surface area contributed by atoms with Crippen molar-refractivity contribution in [2.24, 2.45) is 0 Å². The van der Waals surface area contributed by atoms with E-state index in [1.165, 1.54) is 16.7 Å². The van der Waals surface area contributed by atoms with E-state index < -0.39 is 0 Å². The molecule has 1 aromatic carbocycles. The molecule has 0 aliphatic carbocycles. The Balaban J connectivity index is 2.93. The number of fused-ring (bicyclic) bond motifs is 1. The highest BCUT2D eigenvalue weighted by molar-refractivity contribution is 9.11. The molecule has 12 heavy (non-hydrogen) atoms. The Morgan fingerprint density at radius 1 is 1.25 bits per heavy atom. The second-order valence-electron chi connectivity index (χ2n) is 2.34. The van der Waals surface area contributed by atoms with Crippen molar-refractivity contribution in [2.45, 2.75) is 0 Å². The molecule has 1 aromatic heterocycles. The Labute approximate surface area is 89.7 Å². The molecule has 0 radical (unpaired) electrons. The Morgan fingerprint density at radius 3 is 2.75 bits per heavy atom. The molecule has 0 aliphatic rings. The molecular formula is C8H3Br2FS. The summed E-state index contributed by atoms with van der Waals surface area (Å²) in [5.74, 6) is -0.158. The van der Waals surface area contributed by atoms with Gasteiger partial charge in [-0.25, -0.2) is 4.39 Å². The number of hydrogen-bond donors (Lipinski definition) is 0. The highest BCUT2D eigenvalue weighted by Gasteiger charge is 2.07. The molecule has 0 bridgehead atoms. The third-order valence-corrected chi connectivity index (χ3v) is 3.53. The van der Waals surface area contributed by atoms with Crippen LogP contribution < -0.4 is 0 Å². The van der Waals surface area contributed by atoms with Crippen LogP contribution in [0.3, 0.4) is 0 Å². The monoisotopic (exact) mass is 308 g/mol. The molecule has 4 heteroatoms. The molecule has 0 aliphatic heterocycles. The van der Waals surface area contributed by atoms with E-state index in [-0.39, 0.29) is 5.82 Å². The summed E-state index contributed by atoms with van der Waals surface area (Å²) in [6.07, 6.45) is 0. The van der Waals surface area contributed by atoms with Gasteiger partial charge in [-0.15, -0.1) is 11.3 Å². The highest BCUT2D eigenvalue weighted by Crippen LogP contribution is 2.34. The molecule has 0 spiro atoms. The molecular weight excluding hydrogens is 307 g/mol. The van der Waals surface area contributed by atoms with Gasteiger partial charge in [0.1, 0.15) is 5.82 Å². The minimum atomic E-state index is -0.158. The Hall–Kier alpha value is 0.0700. The number of benzene rings is 1. The zero-order valence-electron chi connectivity index (χ0n) is 5.77. The molecule has 62 valence electrons. The Morgan fingerprint density at radius 2 is 2.00 bits per heavy atom. The van der Waals surface area contributed by atoms with Crippen LogP contribution in [0.1, 0.15) is 0 Å². The third kappa shape index (κ3) is 1.32. The summed E-state index contributed by atoms with van der Waals surface area (Å²) in [6, 6.07) is 3.76. The lowest BCUT2D eigenvalue weighted by atomic mass is 10.3. The minimum Gasteiger partial charge on any atom is -0.205 e. The van der Waals surface area contributed by atoms with E-state index in [9.17, 15) is 4.39 Å². The fourth-order valence-electron chi connectivity index (χ4n) is 1.05. The van der Waals surface area contributed by atoms with Gasteiger partial charge < -0.3 is 0 Å². The molecule has 0 unspecified atom stereocenters. The van der Waals surface area contributed by atoms with Crippen LogP contribution in [0.15, 0.2) is 26.5 Å². The average Bonchev–Trinajstić information content (AvgIpc) is 2.31. The van der Waals surface area contributed by atoms with E-state index >= 15 is 0 Å². The number of halogens is 3. The summed E-state index contributed by atoms with van der Waals surface area (Å²) < 4.78 is 15.8. The SMILES string of the molecule is Fc1csc2cc(Br)cc(Br)c12. The van der Waals surface area contributed by atoms with Crippen LogP contribution in [-0.4, -0.2) is 0 Å². The topological polar surface area (TPSA) is 0 Å². The van der Waals surface area contributed by atoms with Crippen molar-refractivity contribution >= 4 is 53.3 Å². The maximum atomic E-state index is 13.1. The summed E-state index contributed by atoms with van der Waals surface area (Å²) in [4.78, 5) is 0.